The fourth-order valence-corrected chi connectivity index (χ4v) is 2.46. The molecule has 1 aromatic carbocycles. The number of ether oxygens (including phenoxy) is 1. The van der Waals surface area contributed by atoms with E-state index in [1.807, 2.05) is 25.1 Å². The predicted molar refractivity (Wildman–Crippen MR) is 62.4 cm³/mol. The Morgan fingerprint density at radius 1 is 1.43 bits per heavy atom. The van der Waals surface area contributed by atoms with E-state index < -0.39 is 0 Å². The number of rotatable bonds is 2. The van der Waals surface area contributed by atoms with Crippen LogP contribution < -0.4 is 10.5 Å². The van der Waals surface area contributed by atoms with Gasteiger partial charge in [-0.25, -0.2) is 0 Å². The maximum absolute atomic E-state index is 5.95. The van der Waals surface area contributed by atoms with E-state index in [4.69, 9.17) is 22.1 Å². The summed E-state index contributed by atoms with van der Waals surface area (Å²) < 4.78 is 6.55. The Kier molecular flexibility index (Phi) is 2.52. The van der Waals surface area contributed by atoms with Crippen molar-refractivity contribution in [1.29, 1.82) is 0 Å². The lowest BCUT2D eigenvalue weighted by molar-refractivity contribution is 0.345. The van der Waals surface area contributed by atoms with Gasteiger partial charge in [0.15, 0.2) is 0 Å². The van der Waals surface area contributed by atoms with Gasteiger partial charge in [-0.15, -0.1) is 11.3 Å². The van der Waals surface area contributed by atoms with Gasteiger partial charge in [-0.3, -0.25) is 0 Å². The van der Waals surface area contributed by atoms with Gasteiger partial charge in [0.25, 0.3) is 0 Å². The fraction of sp³-hybridized carbons (Fsp3) is 0.200. The van der Waals surface area contributed by atoms with Crippen LogP contribution in [0.4, 0.5) is 5.00 Å². The first-order valence-electron chi connectivity index (χ1n) is 4.32. The van der Waals surface area contributed by atoms with Gasteiger partial charge in [-0.1, -0.05) is 11.6 Å². The van der Waals surface area contributed by atoms with Crippen LogP contribution in [0, 0.1) is 0 Å². The average molecular weight is 228 g/mol. The highest BCUT2D eigenvalue weighted by molar-refractivity contribution is 7.23. The molecule has 0 aliphatic rings. The minimum Gasteiger partial charge on any atom is -0.492 e. The van der Waals surface area contributed by atoms with E-state index in [2.05, 4.69) is 0 Å². The number of halogens is 1. The molecular weight excluding hydrogens is 218 g/mol. The van der Waals surface area contributed by atoms with E-state index in [1.54, 1.807) is 0 Å². The second-order valence-electron chi connectivity index (χ2n) is 2.90. The molecule has 0 aliphatic carbocycles. The lowest BCUT2D eigenvalue weighted by Gasteiger charge is -2.04. The third kappa shape index (κ3) is 1.65. The molecule has 0 saturated heterocycles. The minimum atomic E-state index is 0.632. The summed E-state index contributed by atoms with van der Waals surface area (Å²) >= 11 is 7.47. The largest absolute Gasteiger partial charge is 0.492 e. The van der Waals surface area contributed by atoms with Crippen LogP contribution >= 0.6 is 22.9 Å². The molecule has 0 aliphatic heterocycles. The zero-order valence-electron chi connectivity index (χ0n) is 7.71. The van der Waals surface area contributed by atoms with Gasteiger partial charge in [0.1, 0.15) is 5.75 Å². The summed E-state index contributed by atoms with van der Waals surface area (Å²) in [5, 5.41) is 2.51. The first kappa shape index (κ1) is 9.62. The zero-order chi connectivity index (χ0) is 10.1. The molecule has 2 aromatic rings. The van der Waals surface area contributed by atoms with Crippen LogP contribution in [0.3, 0.4) is 0 Å². The molecule has 0 fully saturated rings. The molecule has 1 aromatic heterocycles. The number of nitrogen functional groups attached to an aromatic ring is 1. The van der Waals surface area contributed by atoms with Crippen molar-refractivity contribution in [2.75, 3.05) is 12.3 Å². The van der Waals surface area contributed by atoms with Crippen molar-refractivity contribution in [1.82, 2.24) is 0 Å². The highest BCUT2D eigenvalue weighted by atomic mass is 35.5. The molecule has 14 heavy (non-hydrogen) atoms. The number of anilines is 1. The molecule has 4 heteroatoms. The van der Waals surface area contributed by atoms with Crippen LogP contribution in [0.2, 0.25) is 5.02 Å². The van der Waals surface area contributed by atoms with Crippen LogP contribution in [0.15, 0.2) is 18.2 Å². The first-order chi connectivity index (χ1) is 6.70. The van der Waals surface area contributed by atoms with Gasteiger partial charge < -0.3 is 10.5 Å². The highest BCUT2D eigenvalue weighted by Crippen LogP contribution is 2.37. The van der Waals surface area contributed by atoms with E-state index in [0.29, 0.717) is 11.6 Å². The van der Waals surface area contributed by atoms with E-state index in [0.717, 1.165) is 20.8 Å². The van der Waals surface area contributed by atoms with E-state index in [1.165, 1.54) is 11.3 Å². The van der Waals surface area contributed by atoms with Crippen molar-refractivity contribution < 1.29 is 4.74 Å². The third-order valence-corrected chi connectivity index (χ3v) is 3.08. The summed E-state index contributed by atoms with van der Waals surface area (Å²) in [4.78, 5) is 0. The Hall–Kier alpha value is -0.930. The van der Waals surface area contributed by atoms with Gasteiger partial charge in [-0.2, -0.15) is 0 Å². The molecule has 2 nitrogen and oxygen atoms in total. The summed E-state index contributed by atoms with van der Waals surface area (Å²) in [6, 6.07) is 5.63. The number of nitrogens with two attached hydrogens (primary N) is 1. The quantitative estimate of drug-likeness (QED) is 0.852. The van der Waals surface area contributed by atoms with Crippen LogP contribution in [0.1, 0.15) is 6.92 Å². The van der Waals surface area contributed by atoms with Gasteiger partial charge in [0.05, 0.1) is 16.3 Å². The van der Waals surface area contributed by atoms with Crippen LogP contribution in [-0.4, -0.2) is 6.61 Å². The van der Waals surface area contributed by atoms with Gasteiger partial charge in [0, 0.05) is 11.1 Å². The summed E-state index contributed by atoms with van der Waals surface area (Å²) in [6.45, 7) is 2.58. The molecule has 0 unspecified atom stereocenters. The fourth-order valence-electron chi connectivity index (χ4n) is 1.37. The normalized spacial score (nSPS) is 10.7. The van der Waals surface area contributed by atoms with Gasteiger partial charge in [0.2, 0.25) is 0 Å². The summed E-state index contributed by atoms with van der Waals surface area (Å²) in [5.74, 6) is 0.816. The monoisotopic (exact) mass is 227 g/mol. The summed E-state index contributed by atoms with van der Waals surface area (Å²) in [7, 11) is 0. The predicted octanol–water partition coefficient (Wildman–Crippen LogP) is 3.54. The Balaban J connectivity index is 2.66. The van der Waals surface area contributed by atoms with Gasteiger partial charge >= 0.3 is 0 Å². The molecule has 74 valence electrons. The van der Waals surface area contributed by atoms with Crippen molar-refractivity contribution in [3.05, 3.63) is 23.2 Å². The molecule has 0 bridgehead atoms. The molecule has 0 atom stereocenters. The molecule has 2 rings (SSSR count). The average Bonchev–Trinajstić information content (AvgIpc) is 2.45. The number of hydrogen-bond acceptors (Lipinski definition) is 3. The Morgan fingerprint density at radius 3 is 2.93 bits per heavy atom. The molecule has 0 spiro atoms. The lowest BCUT2D eigenvalue weighted by Crippen LogP contribution is -1.90. The van der Waals surface area contributed by atoms with E-state index in [9.17, 15) is 0 Å². The topological polar surface area (TPSA) is 35.2 Å². The molecular formula is C10H10ClNOS. The standard InChI is InChI=1S/C10H10ClNOS/c1-2-13-8-5-7(11)3-6-4-9(12)14-10(6)8/h3-5H,2,12H2,1H3. The van der Waals surface area contributed by atoms with Gasteiger partial charge in [-0.05, 0) is 24.4 Å². The Bertz CT molecular complexity index is 466. The number of benzene rings is 1. The first-order valence-corrected chi connectivity index (χ1v) is 5.51. The zero-order valence-corrected chi connectivity index (χ0v) is 9.28. The maximum atomic E-state index is 5.95. The van der Waals surface area contributed by atoms with Crippen molar-refractivity contribution in [3.8, 4) is 5.75 Å². The van der Waals surface area contributed by atoms with Crippen molar-refractivity contribution in [2.45, 2.75) is 6.92 Å². The summed E-state index contributed by atoms with van der Waals surface area (Å²) in [5.41, 5.74) is 5.73. The van der Waals surface area contributed by atoms with Crippen molar-refractivity contribution in [3.63, 3.8) is 0 Å². The minimum absolute atomic E-state index is 0.632. The maximum Gasteiger partial charge on any atom is 0.138 e. The highest BCUT2D eigenvalue weighted by Gasteiger charge is 2.07. The molecule has 0 amide bonds. The molecule has 0 radical (unpaired) electrons. The third-order valence-electron chi connectivity index (χ3n) is 1.87. The Morgan fingerprint density at radius 2 is 2.21 bits per heavy atom. The number of fused-ring (bicyclic) bond motifs is 1. The Labute approximate surface area is 91.2 Å². The van der Waals surface area contributed by atoms with Crippen LogP contribution in [0.25, 0.3) is 10.1 Å². The van der Waals surface area contributed by atoms with Crippen molar-refractivity contribution >= 4 is 38.0 Å². The van der Waals surface area contributed by atoms with E-state index >= 15 is 0 Å². The SMILES string of the molecule is CCOc1cc(Cl)cc2cc(N)sc12. The molecule has 1 heterocycles. The van der Waals surface area contributed by atoms with Crippen LogP contribution in [0.5, 0.6) is 5.75 Å². The second-order valence-corrected chi connectivity index (χ2v) is 4.42. The number of thiophene rings is 1. The van der Waals surface area contributed by atoms with Crippen molar-refractivity contribution in [2.24, 2.45) is 0 Å². The summed E-state index contributed by atoms with van der Waals surface area (Å²) in [6.07, 6.45) is 0. The lowest BCUT2D eigenvalue weighted by atomic mass is 10.2. The number of hydrogen-bond donors (Lipinski definition) is 1. The smallest absolute Gasteiger partial charge is 0.138 e. The second kappa shape index (κ2) is 3.67. The molecule has 2 N–H and O–H groups in total. The van der Waals surface area contributed by atoms with E-state index in [-0.39, 0.29) is 0 Å². The molecule has 0 saturated carbocycles. The van der Waals surface area contributed by atoms with Crippen LogP contribution in [-0.2, 0) is 0 Å².